The summed E-state index contributed by atoms with van der Waals surface area (Å²) in [5.74, 6) is 0. The molecule has 17 heavy (non-hydrogen) atoms. The molecule has 1 aliphatic heterocycles. The van der Waals surface area contributed by atoms with Crippen LogP contribution in [0.2, 0.25) is 0 Å². The lowest BCUT2D eigenvalue weighted by molar-refractivity contribution is 0.156. The van der Waals surface area contributed by atoms with Gasteiger partial charge in [-0.3, -0.25) is 4.90 Å². The summed E-state index contributed by atoms with van der Waals surface area (Å²) in [6, 6.07) is 0.700. The molecule has 96 valence electrons. The van der Waals surface area contributed by atoms with E-state index in [1.807, 2.05) is 0 Å². The summed E-state index contributed by atoms with van der Waals surface area (Å²) in [6.07, 6.45) is 3.86. The second-order valence-corrected chi connectivity index (χ2v) is 5.89. The van der Waals surface area contributed by atoms with Gasteiger partial charge < -0.3 is 5.32 Å². The molecule has 0 aliphatic carbocycles. The van der Waals surface area contributed by atoms with Gasteiger partial charge in [-0.25, -0.2) is 4.98 Å². The van der Waals surface area contributed by atoms with Gasteiger partial charge in [0, 0.05) is 24.5 Å². The molecule has 2 heterocycles. The number of hydrogen-bond acceptors (Lipinski definition) is 4. The van der Waals surface area contributed by atoms with Crippen LogP contribution in [0.15, 0.2) is 5.38 Å². The zero-order valence-electron chi connectivity index (χ0n) is 10.9. The lowest BCUT2D eigenvalue weighted by Gasteiger charge is -2.34. The summed E-state index contributed by atoms with van der Waals surface area (Å²) in [5.41, 5.74) is 1.24. The largest absolute Gasteiger partial charge is 0.315 e. The molecule has 1 atom stereocenters. The van der Waals surface area contributed by atoms with Crippen LogP contribution >= 0.6 is 11.3 Å². The maximum atomic E-state index is 4.58. The molecule has 1 aliphatic rings. The highest BCUT2D eigenvalue weighted by molar-refractivity contribution is 7.09. The number of rotatable bonds is 5. The summed E-state index contributed by atoms with van der Waals surface area (Å²) in [5, 5.41) is 6.89. The molecule has 0 bridgehead atoms. The van der Waals surface area contributed by atoms with Crippen LogP contribution in [0.4, 0.5) is 0 Å². The van der Waals surface area contributed by atoms with Crippen molar-refractivity contribution in [3.63, 3.8) is 0 Å². The van der Waals surface area contributed by atoms with E-state index in [1.165, 1.54) is 43.1 Å². The minimum absolute atomic E-state index is 0.700. The molecule has 0 aromatic carbocycles. The van der Waals surface area contributed by atoms with Crippen molar-refractivity contribution in [2.45, 2.75) is 45.7 Å². The Morgan fingerprint density at radius 2 is 2.47 bits per heavy atom. The molecule has 1 aromatic heterocycles. The molecule has 0 saturated carbocycles. The van der Waals surface area contributed by atoms with Crippen LogP contribution in [0.5, 0.6) is 0 Å². The van der Waals surface area contributed by atoms with Crippen LogP contribution in [0.1, 0.15) is 36.9 Å². The first-order valence-corrected chi connectivity index (χ1v) is 7.53. The Labute approximate surface area is 108 Å². The normalized spacial score (nSPS) is 21.0. The first-order chi connectivity index (χ1) is 8.29. The summed E-state index contributed by atoms with van der Waals surface area (Å²) in [4.78, 5) is 7.18. The van der Waals surface area contributed by atoms with Gasteiger partial charge in [0.05, 0.1) is 10.7 Å². The molecule has 1 N–H and O–H groups in total. The van der Waals surface area contributed by atoms with Crippen LogP contribution in [0.3, 0.4) is 0 Å². The van der Waals surface area contributed by atoms with Gasteiger partial charge in [-0.1, -0.05) is 6.92 Å². The van der Waals surface area contributed by atoms with Crippen LogP contribution in [0.25, 0.3) is 0 Å². The van der Waals surface area contributed by atoms with Crippen molar-refractivity contribution in [3.8, 4) is 0 Å². The van der Waals surface area contributed by atoms with Gasteiger partial charge in [0.1, 0.15) is 0 Å². The van der Waals surface area contributed by atoms with Gasteiger partial charge in [-0.2, -0.15) is 0 Å². The summed E-state index contributed by atoms with van der Waals surface area (Å²) >= 11 is 1.76. The van der Waals surface area contributed by atoms with E-state index in [4.69, 9.17) is 0 Å². The van der Waals surface area contributed by atoms with Crippen LogP contribution in [-0.4, -0.2) is 35.6 Å². The van der Waals surface area contributed by atoms with E-state index in [2.05, 4.69) is 34.4 Å². The standard InChI is InChI=1S/C13H23N3S/c1-3-7-16(13-5-4-6-14-8-13)9-12-10-17-11(2)15-12/h10,13-14H,3-9H2,1-2H3. The zero-order chi connectivity index (χ0) is 12.1. The Bertz CT molecular complexity index is 331. The molecule has 1 saturated heterocycles. The molecule has 2 rings (SSSR count). The Hall–Kier alpha value is -0.450. The minimum atomic E-state index is 0.700. The number of hydrogen-bond donors (Lipinski definition) is 1. The van der Waals surface area contributed by atoms with Crippen molar-refractivity contribution in [2.24, 2.45) is 0 Å². The number of aryl methyl sites for hydroxylation is 1. The van der Waals surface area contributed by atoms with E-state index in [0.29, 0.717) is 6.04 Å². The van der Waals surface area contributed by atoms with E-state index in [1.54, 1.807) is 11.3 Å². The SMILES string of the molecule is CCCN(Cc1csc(C)n1)C1CCCNC1. The first kappa shape index (κ1) is 13.0. The van der Waals surface area contributed by atoms with Crippen LogP contribution in [-0.2, 0) is 6.54 Å². The molecule has 0 amide bonds. The second-order valence-electron chi connectivity index (χ2n) is 4.83. The predicted octanol–water partition coefficient (Wildman–Crippen LogP) is 2.42. The molecule has 1 unspecified atom stereocenters. The van der Waals surface area contributed by atoms with Gasteiger partial charge in [0.25, 0.3) is 0 Å². The summed E-state index contributed by atoms with van der Waals surface area (Å²) in [6.45, 7) is 8.87. The maximum Gasteiger partial charge on any atom is 0.0897 e. The number of nitrogens with zero attached hydrogens (tertiary/aromatic N) is 2. The molecule has 0 spiro atoms. The highest BCUT2D eigenvalue weighted by Gasteiger charge is 2.20. The highest BCUT2D eigenvalue weighted by atomic mass is 32.1. The third kappa shape index (κ3) is 3.76. The Morgan fingerprint density at radius 1 is 1.59 bits per heavy atom. The van der Waals surface area contributed by atoms with Gasteiger partial charge in [-0.15, -0.1) is 11.3 Å². The topological polar surface area (TPSA) is 28.2 Å². The van der Waals surface area contributed by atoms with Crippen molar-refractivity contribution in [2.75, 3.05) is 19.6 Å². The van der Waals surface area contributed by atoms with Gasteiger partial charge in [0.15, 0.2) is 0 Å². The third-order valence-electron chi connectivity index (χ3n) is 3.33. The van der Waals surface area contributed by atoms with Crippen LogP contribution in [0, 0.1) is 6.92 Å². The van der Waals surface area contributed by atoms with E-state index < -0.39 is 0 Å². The Morgan fingerprint density at radius 3 is 3.06 bits per heavy atom. The zero-order valence-corrected chi connectivity index (χ0v) is 11.7. The van der Waals surface area contributed by atoms with Gasteiger partial charge in [-0.05, 0) is 39.3 Å². The fraction of sp³-hybridized carbons (Fsp3) is 0.769. The van der Waals surface area contributed by atoms with Crippen molar-refractivity contribution in [1.29, 1.82) is 0 Å². The molecule has 0 radical (unpaired) electrons. The van der Waals surface area contributed by atoms with Crippen molar-refractivity contribution in [3.05, 3.63) is 16.1 Å². The monoisotopic (exact) mass is 253 g/mol. The van der Waals surface area contributed by atoms with E-state index in [0.717, 1.165) is 13.1 Å². The number of thiazole rings is 1. The maximum absolute atomic E-state index is 4.58. The summed E-state index contributed by atoms with van der Waals surface area (Å²) in [7, 11) is 0. The molecule has 1 fully saturated rings. The van der Waals surface area contributed by atoms with Gasteiger partial charge in [0.2, 0.25) is 0 Å². The van der Waals surface area contributed by atoms with E-state index in [-0.39, 0.29) is 0 Å². The lowest BCUT2D eigenvalue weighted by Crippen LogP contribution is -2.45. The van der Waals surface area contributed by atoms with Crippen molar-refractivity contribution in [1.82, 2.24) is 15.2 Å². The first-order valence-electron chi connectivity index (χ1n) is 6.65. The smallest absolute Gasteiger partial charge is 0.0897 e. The Kier molecular flexibility index (Phi) is 4.95. The van der Waals surface area contributed by atoms with E-state index >= 15 is 0 Å². The Balaban J connectivity index is 1.95. The minimum Gasteiger partial charge on any atom is -0.315 e. The summed E-state index contributed by atoms with van der Waals surface area (Å²) < 4.78 is 0. The van der Waals surface area contributed by atoms with Crippen LogP contribution < -0.4 is 5.32 Å². The van der Waals surface area contributed by atoms with Gasteiger partial charge >= 0.3 is 0 Å². The number of nitrogens with one attached hydrogen (secondary N) is 1. The highest BCUT2D eigenvalue weighted by Crippen LogP contribution is 2.16. The third-order valence-corrected chi connectivity index (χ3v) is 4.15. The lowest BCUT2D eigenvalue weighted by atomic mass is 10.1. The quantitative estimate of drug-likeness (QED) is 0.873. The predicted molar refractivity (Wildman–Crippen MR) is 73.4 cm³/mol. The molecular formula is C13H23N3S. The van der Waals surface area contributed by atoms with Crippen molar-refractivity contribution >= 4 is 11.3 Å². The molecule has 1 aromatic rings. The molecule has 4 heteroatoms. The van der Waals surface area contributed by atoms with E-state index in [9.17, 15) is 0 Å². The average Bonchev–Trinajstić information content (AvgIpc) is 2.75. The van der Waals surface area contributed by atoms with Crippen molar-refractivity contribution < 1.29 is 0 Å². The number of piperidine rings is 1. The molecule has 3 nitrogen and oxygen atoms in total. The fourth-order valence-corrected chi connectivity index (χ4v) is 3.12. The molecular weight excluding hydrogens is 230 g/mol. The number of aromatic nitrogens is 1. The average molecular weight is 253 g/mol. The second kappa shape index (κ2) is 6.47. The fourth-order valence-electron chi connectivity index (χ4n) is 2.51.